The quantitative estimate of drug-likeness (QED) is 0.309. The number of hydrogen-bond acceptors (Lipinski definition) is 4. The van der Waals surface area contributed by atoms with Crippen LogP contribution in [0.3, 0.4) is 0 Å². The summed E-state index contributed by atoms with van der Waals surface area (Å²) >= 11 is 0. The summed E-state index contributed by atoms with van der Waals surface area (Å²) in [5.74, 6) is -1.75. The van der Waals surface area contributed by atoms with Gasteiger partial charge in [-0.15, -0.1) is 0 Å². The molecule has 0 saturated heterocycles. The predicted molar refractivity (Wildman–Crippen MR) is 138 cm³/mol. The maximum atomic E-state index is 14.6. The van der Waals surface area contributed by atoms with Gasteiger partial charge in [0.15, 0.2) is 28.5 Å². The van der Waals surface area contributed by atoms with E-state index in [-0.39, 0.29) is 40.4 Å². The van der Waals surface area contributed by atoms with Crippen LogP contribution in [0.25, 0.3) is 0 Å². The Morgan fingerprint density at radius 3 is 2.14 bits per heavy atom. The van der Waals surface area contributed by atoms with Gasteiger partial charge in [0.2, 0.25) is 0 Å². The van der Waals surface area contributed by atoms with Crippen molar-refractivity contribution in [2.45, 2.75) is 101 Å². The van der Waals surface area contributed by atoms with E-state index in [2.05, 4.69) is 46.8 Å². The summed E-state index contributed by atoms with van der Waals surface area (Å²) in [6, 6.07) is 0. The summed E-state index contributed by atoms with van der Waals surface area (Å²) < 4.78 is 0. The largest absolute Gasteiger partial charge is 0.298 e. The van der Waals surface area contributed by atoms with Gasteiger partial charge in [0.25, 0.3) is 0 Å². The molecule has 5 aliphatic carbocycles. The SMILES string of the molecule is CC(C)=CCC/C(C)=C/C[C@@]12C[C@H]3[C@@H]4C(C)(C)CC[C@]4(C1=O)C(=O)[C@@](C(=O)C(C)C)(C2=O)C3(C)C. The van der Waals surface area contributed by atoms with Crippen LogP contribution in [-0.4, -0.2) is 23.1 Å². The van der Waals surface area contributed by atoms with Crippen molar-refractivity contribution in [3.05, 3.63) is 23.3 Å². The van der Waals surface area contributed by atoms with Crippen LogP contribution in [0, 0.1) is 44.8 Å². The molecule has 5 rings (SSSR count). The van der Waals surface area contributed by atoms with E-state index in [0.29, 0.717) is 19.3 Å². The van der Waals surface area contributed by atoms with Gasteiger partial charge in [-0.25, -0.2) is 0 Å². The average molecular weight is 481 g/mol. The lowest BCUT2D eigenvalue weighted by molar-refractivity contribution is -0.222. The van der Waals surface area contributed by atoms with Crippen molar-refractivity contribution in [2.75, 3.05) is 0 Å². The number of allylic oxidation sites excluding steroid dienone is 4. The Labute approximate surface area is 211 Å². The molecule has 4 heteroatoms. The van der Waals surface area contributed by atoms with Crippen LogP contribution in [0.2, 0.25) is 0 Å². The molecule has 5 saturated carbocycles. The highest BCUT2D eigenvalue weighted by molar-refractivity contribution is 6.41. The molecule has 4 nitrogen and oxygen atoms in total. The normalized spacial score (nSPS) is 38.8. The zero-order chi connectivity index (χ0) is 26.4. The molecule has 0 N–H and O–H groups in total. The van der Waals surface area contributed by atoms with Gasteiger partial charge >= 0.3 is 0 Å². The number of ketones is 4. The Morgan fingerprint density at radius 1 is 0.943 bits per heavy atom. The van der Waals surface area contributed by atoms with Gasteiger partial charge in [-0.1, -0.05) is 64.8 Å². The molecule has 0 amide bonds. The minimum absolute atomic E-state index is 0.0184. The zero-order valence-electron chi connectivity index (χ0n) is 23.3. The van der Waals surface area contributed by atoms with Gasteiger partial charge in [-0.2, -0.15) is 0 Å². The topological polar surface area (TPSA) is 68.3 Å². The van der Waals surface area contributed by atoms with Gasteiger partial charge in [-0.3, -0.25) is 19.2 Å². The summed E-state index contributed by atoms with van der Waals surface area (Å²) in [7, 11) is 0. The standard InChI is InChI=1S/C31H44O4/c1-18(2)11-10-12-20(5)13-14-29-17-21-22-27(6,7)15-16-30(22,24(29)33)26(35)31(25(29)34,28(21,8)9)23(32)19(3)4/h11,13,19,21-22H,10,12,14-17H2,1-9H3/b20-13+/t21-,22+,29+,30-,31+/m0/s1. The fourth-order valence-corrected chi connectivity index (χ4v) is 8.82. The van der Waals surface area contributed by atoms with Crippen molar-refractivity contribution < 1.29 is 19.2 Å². The molecule has 0 aliphatic heterocycles. The maximum absolute atomic E-state index is 14.6. The van der Waals surface area contributed by atoms with Crippen molar-refractivity contribution in [3.8, 4) is 0 Å². The second kappa shape index (κ2) is 7.83. The number of carbonyl (C=O) groups excluding carboxylic acids is 4. The van der Waals surface area contributed by atoms with Crippen LogP contribution in [0.5, 0.6) is 0 Å². The number of carbonyl (C=O) groups is 4. The Morgan fingerprint density at radius 2 is 1.57 bits per heavy atom. The van der Waals surface area contributed by atoms with Crippen LogP contribution >= 0.6 is 0 Å². The molecule has 0 aromatic rings. The summed E-state index contributed by atoms with van der Waals surface area (Å²) in [6.07, 6.45) is 8.06. The highest BCUT2D eigenvalue weighted by Gasteiger charge is 2.89. The van der Waals surface area contributed by atoms with E-state index >= 15 is 0 Å². The monoisotopic (exact) mass is 480 g/mol. The van der Waals surface area contributed by atoms with E-state index in [9.17, 15) is 19.2 Å². The van der Waals surface area contributed by atoms with E-state index in [1.807, 2.05) is 13.8 Å². The van der Waals surface area contributed by atoms with Gasteiger partial charge in [0, 0.05) is 5.92 Å². The molecule has 0 unspecified atom stereocenters. The minimum atomic E-state index is -1.71. The van der Waals surface area contributed by atoms with Crippen molar-refractivity contribution in [2.24, 2.45) is 44.8 Å². The Balaban J connectivity index is 1.90. The van der Waals surface area contributed by atoms with Crippen LogP contribution < -0.4 is 0 Å². The second-order valence-electron chi connectivity index (χ2n) is 13.9. The van der Waals surface area contributed by atoms with Crippen molar-refractivity contribution >= 4 is 23.1 Å². The molecule has 4 bridgehead atoms. The maximum Gasteiger partial charge on any atom is 0.168 e. The molecule has 35 heavy (non-hydrogen) atoms. The molecule has 0 aromatic heterocycles. The van der Waals surface area contributed by atoms with E-state index in [1.54, 1.807) is 13.8 Å². The molecule has 5 fully saturated rings. The molecule has 1 spiro atoms. The van der Waals surface area contributed by atoms with Crippen molar-refractivity contribution in [1.29, 1.82) is 0 Å². The van der Waals surface area contributed by atoms with Crippen molar-refractivity contribution in [3.63, 3.8) is 0 Å². The molecule has 0 aromatic carbocycles. The molecule has 192 valence electrons. The Hall–Kier alpha value is -1.84. The first kappa shape index (κ1) is 26.2. The lowest BCUT2D eigenvalue weighted by atomic mass is 9.26. The first-order valence-electron chi connectivity index (χ1n) is 13.5. The van der Waals surface area contributed by atoms with Gasteiger partial charge < -0.3 is 0 Å². The fraction of sp³-hybridized carbons (Fsp3) is 0.742. The van der Waals surface area contributed by atoms with E-state index in [1.165, 1.54) is 5.57 Å². The highest BCUT2D eigenvalue weighted by atomic mass is 16.2. The summed E-state index contributed by atoms with van der Waals surface area (Å²) in [6.45, 7) is 18.0. The second-order valence-corrected chi connectivity index (χ2v) is 13.9. The van der Waals surface area contributed by atoms with Gasteiger partial charge in [0.1, 0.15) is 0 Å². The zero-order valence-corrected chi connectivity index (χ0v) is 23.3. The molecule has 0 heterocycles. The average Bonchev–Trinajstić information content (AvgIpc) is 3.04. The van der Waals surface area contributed by atoms with Crippen LogP contribution in [0.15, 0.2) is 23.3 Å². The summed E-state index contributed by atoms with van der Waals surface area (Å²) in [5, 5.41) is 0. The molecular formula is C31H44O4. The van der Waals surface area contributed by atoms with Crippen LogP contribution in [0.4, 0.5) is 0 Å². The van der Waals surface area contributed by atoms with E-state index in [0.717, 1.165) is 24.8 Å². The van der Waals surface area contributed by atoms with Crippen molar-refractivity contribution in [1.82, 2.24) is 0 Å². The van der Waals surface area contributed by atoms with Gasteiger partial charge in [-0.05, 0) is 82.0 Å². The molecule has 5 aliphatic rings. The Kier molecular flexibility index (Phi) is 5.87. The number of Topliss-reactive ketones (excluding diaryl/α,β-unsaturated/α-hetero) is 4. The third kappa shape index (κ3) is 2.98. The van der Waals surface area contributed by atoms with Gasteiger partial charge in [0.05, 0.1) is 10.8 Å². The first-order chi connectivity index (χ1) is 16.0. The smallest absolute Gasteiger partial charge is 0.168 e. The molecule has 5 atom stereocenters. The number of rotatable bonds is 7. The molecule has 0 radical (unpaired) electrons. The van der Waals surface area contributed by atoms with E-state index in [4.69, 9.17) is 0 Å². The minimum Gasteiger partial charge on any atom is -0.298 e. The summed E-state index contributed by atoms with van der Waals surface area (Å²) in [4.78, 5) is 57.6. The third-order valence-corrected chi connectivity index (χ3v) is 10.5. The number of hydrogen-bond donors (Lipinski definition) is 0. The van der Waals surface area contributed by atoms with Crippen LogP contribution in [0.1, 0.15) is 101 Å². The lowest BCUT2D eigenvalue weighted by Crippen LogP contribution is -2.83. The van der Waals surface area contributed by atoms with E-state index < -0.39 is 27.6 Å². The lowest BCUT2D eigenvalue weighted by Gasteiger charge is -2.71. The molecular weight excluding hydrogens is 436 g/mol. The summed E-state index contributed by atoms with van der Waals surface area (Å²) in [5.41, 5.74) is -2.72. The van der Waals surface area contributed by atoms with Crippen LogP contribution in [-0.2, 0) is 19.2 Å². The highest BCUT2D eigenvalue weighted by Crippen LogP contribution is 2.79. The first-order valence-corrected chi connectivity index (χ1v) is 13.5. The Bertz CT molecular complexity index is 1070. The fourth-order valence-electron chi connectivity index (χ4n) is 8.82. The third-order valence-electron chi connectivity index (χ3n) is 10.5. The predicted octanol–water partition coefficient (Wildman–Crippen LogP) is 6.47.